The van der Waals surface area contributed by atoms with Gasteiger partial charge in [-0.05, 0) is 0 Å². The lowest BCUT2D eigenvalue weighted by Gasteiger charge is -1.91. The van der Waals surface area contributed by atoms with Gasteiger partial charge in [0.25, 0.3) is 0 Å². The Bertz CT molecular complexity index is 403. The third kappa shape index (κ3) is 1.49. The molecule has 0 aliphatic carbocycles. The third-order valence-corrected chi connectivity index (χ3v) is 1.77. The quantitative estimate of drug-likeness (QED) is 0.692. The maximum atomic E-state index is 4.00. The van der Waals surface area contributed by atoms with E-state index in [0.717, 1.165) is 11.3 Å². The Morgan fingerprint density at radius 3 is 2.62 bits per heavy atom. The maximum absolute atomic E-state index is 4.00. The van der Waals surface area contributed by atoms with Crippen molar-refractivity contribution in [2.75, 3.05) is 0 Å². The van der Waals surface area contributed by atoms with E-state index in [-0.39, 0.29) is 0 Å². The maximum Gasteiger partial charge on any atom is 0.113 e. The SMILES string of the molecule is C=Cn1cc(-c2ccccc2)nn1. The summed E-state index contributed by atoms with van der Waals surface area (Å²) in [7, 11) is 0. The number of aromatic nitrogens is 3. The van der Waals surface area contributed by atoms with Crippen molar-refractivity contribution in [1.29, 1.82) is 0 Å². The van der Waals surface area contributed by atoms with Crippen molar-refractivity contribution in [3.05, 3.63) is 43.1 Å². The molecule has 0 unspecified atom stereocenters. The second-order valence-electron chi connectivity index (χ2n) is 2.63. The monoisotopic (exact) mass is 171 g/mol. The van der Waals surface area contributed by atoms with E-state index in [1.54, 1.807) is 10.9 Å². The van der Waals surface area contributed by atoms with Gasteiger partial charge in [-0.3, -0.25) is 0 Å². The van der Waals surface area contributed by atoms with Crippen molar-refractivity contribution in [1.82, 2.24) is 15.0 Å². The zero-order valence-electron chi connectivity index (χ0n) is 7.09. The lowest BCUT2D eigenvalue weighted by molar-refractivity contribution is 0.842. The van der Waals surface area contributed by atoms with Crippen LogP contribution >= 0.6 is 0 Å². The number of benzene rings is 1. The first-order valence-electron chi connectivity index (χ1n) is 4.00. The standard InChI is InChI=1S/C10H9N3/c1-2-13-8-10(11-12-13)9-6-4-3-5-7-9/h2-8H,1H2. The molecule has 0 spiro atoms. The molecule has 13 heavy (non-hydrogen) atoms. The highest BCUT2D eigenvalue weighted by Gasteiger charge is 1.99. The summed E-state index contributed by atoms with van der Waals surface area (Å²) in [6, 6.07) is 9.92. The van der Waals surface area contributed by atoms with Crippen LogP contribution in [-0.2, 0) is 0 Å². The van der Waals surface area contributed by atoms with Crippen LogP contribution in [0.25, 0.3) is 17.5 Å². The van der Waals surface area contributed by atoms with Crippen LogP contribution in [0.1, 0.15) is 0 Å². The highest BCUT2D eigenvalue weighted by Crippen LogP contribution is 2.14. The van der Waals surface area contributed by atoms with Gasteiger partial charge >= 0.3 is 0 Å². The fourth-order valence-corrected chi connectivity index (χ4v) is 1.11. The van der Waals surface area contributed by atoms with Crippen LogP contribution in [0.3, 0.4) is 0 Å². The minimum atomic E-state index is 0.862. The molecule has 0 aliphatic heterocycles. The van der Waals surface area contributed by atoms with Crippen LogP contribution in [0.15, 0.2) is 43.1 Å². The van der Waals surface area contributed by atoms with Gasteiger partial charge in [-0.2, -0.15) is 0 Å². The van der Waals surface area contributed by atoms with Crippen molar-refractivity contribution in [3.63, 3.8) is 0 Å². The molecule has 0 radical (unpaired) electrons. The van der Waals surface area contributed by atoms with Gasteiger partial charge in [0, 0.05) is 11.8 Å². The van der Waals surface area contributed by atoms with Crippen LogP contribution in [0, 0.1) is 0 Å². The van der Waals surface area contributed by atoms with Crippen LogP contribution in [0.5, 0.6) is 0 Å². The van der Waals surface area contributed by atoms with E-state index < -0.39 is 0 Å². The lowest BCUT2D eigenvalue weighted by Crippen LogP contribution is -1.83. The van der Waals surface area contributed by atoms with Crippen molar-refractivity contribution in [2.45, 2.75) is 0 Å². The Kier molecular flexibility index (Phi) is 1.92. The fraction of sp³-hybridized carbons (Fsp3) is 0. The Hall–Kier alpha value is -1.90. The van der Waals surface area contributed by atoms with E-state index in [9.17, 15) is 0 Å². The van der Waals surface area contributed by atoms with Crippen molar-refractivity contribution in [2.24, 2.45) is 0 Å². The Balaban J connectivity index is 2.41. The highest BCUT2D eigenvalue weighted by atomic mass is 15.4. The molecule has 1 aromatic heterocycles. The van der Waals surface area contributed by atoms with Gasteiger partial charge in [0.2, 0.25) is 0 Å². The van der Waals surface area contributed by atoms with Gasteiger partial charge in [-0.15, -0.1) is 5.10 Å². The molecule has 2 aromatic rings. The first kappa shape index (κ1) is 7.73. The van der Waals surface area contributed by atoms with Crippen LogP contribution in [0.4, 0.5) is 0 Å². The van der Waals surface area contributed by atoms with Crippen LogP contribution in [-0.4, -0.2) is 15.0 Å². The summed E-state index contributed by atoms with van der Waals surface area (Å²) >= 11 is 0. The first-order valence-corrected chi connectivity index (χ1v) is 4.00. The zero-order valence-corrected chi connectivity index (χ0v) is 7.09. The molecule has 64 valence electrons. The minimum Gasteiger partial charge on any atom is -0.228 e. The summed E-state index contributed by atoms with van der Waals surface area (Å²) in [4.78, 5) is 0. The van der Waals surface area contributed by atoms with E-state index in [1.165, 1.54) is 0 Å². The van der Waals surface area contributed by atoms with E-state index in [2.05, 4.69) is 16.9 Å². The predicted octanol–water partition coefficient (Wildman–Crippen LogP) is 2.05. The summed E-state index contributed by atoms with van der Waals surface area (Å²) in [5.74, 6) is 0. The summed E-state index contributed by atoms with van der Waals surface area (Å²) < 4.78 is 1.59. The molecule has 0 bridgehead atoms. The fourth-order valence-electron chi connectivity index (χ4n) is 1.11. The molecule has 0 N–H and O–H groups in total. The first-order chi connectivity index (χ1) is 6.40. The number of hydrogen-bond donors (Lipinski definition) is 0. The smallest absolute Gasteiger partial charge is 0.113 e. The Morgan fingerprint density at radius 1 is 1.23 bits per heavy atom. The zero-order chi connectivity index (χ0) is 9.10. The summed E-state index contributed by atoms with van der Waals surface area (Å²) in [5, 5.41) is 7.86. The van der Waals surface area contributed by atoms with Gasteiger partial charge in [-0.1, -0.05) is 42.1 Å². The predicted molar refractivity (Wildman–Crippen MR) is 51.8 cm³/mol. The van der Waals surface area contributed by atoms with E-state index in [0.29, 0.717) is 0 Å². The molecule has 0 saturated heterocycles. The molecule has 2 rings (SSSR count). The third-order valence-electron chi connectivity index (χ3n) is 1.77. The molecule has 3 heteroatoms. The van der Waals surface area contributed by atoms with E-state index in [1.807, 2.05) is 36.5 Å². The second-order valence-corrected chi connectivity index (χ2v) is 2.63. The lowest BCUT2D eigenvalue weighted by atomic mass is 10.2. The number of nitrogens with zero attached hydrogens (tertiary/aromatic N) is 3. The van der Waals surface area contributed by atoms with Gasteiger partial charge < -0.3 is 0 Å². The Morgan fingerprint density at radius 2 is 2.00 bits per heavy atom. The van der Waals surface area contributed by atoms with Crippen molar-refractivity contribution in [3.8, 4) is 11.3 Å². The topological polar surface area (TPSA) is 30.7 Å². The molecule has 0 atom stereocenters. The van der Waals surface area contributed by atoms with Crippen molar-refractivity contribution < 1.29 is 0 Å². The molecule has 1 heterocycles. The molecule has 0 aliphatic rings. The summed E-state index contributed by atoms with van der Waals surface area (Å²) in [6.45, 7) is 3.60. The summed E-state index contributed by atoms with van der Waals surface area (Å²) in [5.41, 5.74) is 1.93. The van der Waals surface area contributed by atoms with Gasteiger partial charge in [-0.25, -0.2) is 4.68 Å². The average Bonchev–Trinajstić information content (AvgIpc) is 2.67. The van der Waals surface area contributed by atoms with Gasteiger partial charge in [0.15, 0.2) is 0 Å². The molecule has 0 amide bonds. The largest absolute Gasteiger partial charge is 0.228 e. The minimum absolute atomic E-state index is 0.862. The van der Waals surface area contributed by atoms with E-state index >= 15 is 0 Å². The van der Waals surface area contributed by atoms with Crippen LogP contribution < -0.4 is 0 Å². The molecule has 0 fully saturated rings. The highest BCUT2D eigenvalue weighted by molar-refractivity contribution is 5.57. The average molecular weight is 171 g/mol. The van der Waals surface area contributed by atoms with Gasteiger partial charge in [0.05, 0.1) is 6.20 Å². The number of hydrogen-bond acceptors (Lipinski definition) is 2. The number of rotatable bonds is 2. The molecular formula is C10H9N3. The normalized spacial score (nSPS) is 9.85. The Labute approximate surface area is 76.3 Å². The van der Waals surface area contributed by atoms with Crippen molar-refractivity contribution >= 4 is 6.20 Å². The molecule has 1 aromatic carbocycles. The van der Waals surface area contributed by atoms with E-state index in [4.69, 9.17) is 0 Å². The van der Waals surface area contributed by atoms with Gasteiger partial charge in [0.1, 0.15) is 5.69 Å². The molecular weight excluding hydrogens is 162 g/mol. The van der Waals surface area contributed by atoms with Crippen LogP contribution in [0.2, 0.25) is 0 Å². The second kappa shape index (κ2) is 3.23. The molecule has 3 nitrogen and oxygen atoms in total. The molecule has 0 saturated carbocycles. The summed E-state index contributed by atoms with van der Waals surface area (Å²) in [6.07, 6.45) is 3.45.